The third-order valence-electron chi connectivity index (χ3n) is 3.14. The number of hydrogen-bond donors (Lipinski definition) is 3. The third-order valence-corrected chi connectivity index (χ3v) is 3.14. The number of carbonyl (C=O) groups excluding carboxylic acids is 2. The van der Waals surface area contributed by atoms with Crippen molar-refractivity contribution < 1.29 is 19.2 Å². The molecule has 0 fully saturated rings. The molecular formula is C18H29N3O4. The Morgan fingerprint density at radius 3 is 2.24 bits per heavy atom. The van der Waals surface area contributed by atoms with Crippen LogP contribution in [-0.4, -0.2) is 23.6 Å². The third kappa shape index (κ3) is 8.39. The predicted octanol–water partition coefficient (Wildman–Crippen LogP) is 2.49. The van der Waals surface area contributed by atoms with E-state index in [9.17, 15) is 9.59 Å². The lowest BCUT2D eigenvalue weighted by Gasteiger charge is -2.24. The van der Waals surface area contributed by atoms with E-state index in [1.165, 1.54) is 0 Å². The summed E-state index contributed by atoms with van der Waals surface area (Å²) in [5, 5.41) is 2.59. The molecule has 0 heterocycles. The van der Waals surface area contributed by atoms with E-state index in [-0.39, 0.29) is 5.92 Å². The maximum atomic E-state index is 12.3. The summed E-state index contributed by atoms with van der Waals surface area (Å²) in [6, 6.07) is 6.29. The molecule has 1 aromatic carbocycles. The Labute approximate surface area is 149 Å². The van der Waals surface area contributed by atoms with E-state index >= 15 is 0 Å². The monoisotopic (exact) mass is 351 g/mol. The summed E-state index contributed by atoms with van der Waals surface area (Å²) in [5.41, 5.74) is 8.23. The van der Waals surface area contributed by atoms with Crippen LogP contribution in [0.25, 0.3) is 0 Å². The Morgan fingerprint density at radius 1 is 1.16 bits per heavy atom. The number of hydrogen-bond acceptors (Lipinski definition) is 5. The average Bonchev–Trinajstić information content (AvgIpc) is 2.50. The van der Waals surface area contributed by atoms with Crippen LogP contribution in [0.1, 0.15) is 46.6 Å². The predicted molar refractivity (Wildman–Crippen MR) is 95.7 cm³/mol. The van der Waals surface area contributed by atoms with Crippen LogP contribution in [0.2, 0.25) is 0 Å². The van der Waals surface area contributed by atoms with Gasteiger partial charge in [0.15, 0.2) is 5.75 Å². The van der Waals surface area contributed by atoms with Crippen molar-refractivity contribution in [3.8, 4) is 5.75 Å². The van der Waals surface area contributed by atoms with Crippen molar-refractivity contribution in [2.75, 3.05) is 0 Å². The summed E-state index contributed by atoms with van der Waals surface area (Å²) in [4.78, 5) is 29.6. The Hall–Kier alpha value is -2.28. The molecule has 140 valence electrons. The number of nitrogens with one attached hydrogen (secondary N) is 2. The summed E-state index contributed by atoms with van der Waals surface area (Å²) >= 11 is 0. The van der Waals surface area contributed by atoms with Crippen LogP contribution < -0.4 is 21.4 Å². The first kappa shape index (κ1) is 20.8. The minimum Gasteiger partial charge on any atom is -0.444 e. The molecule has 0 aromatic heterocycles. The molecule has 0 saturated carbocycles. The Balaban J connectivity index is 2.64. The largest absolute Gasteiger partial charge is 0.444 e. The number of alkyl carbamates (subject to hydrolysis) is 1. The molecule has 2 amide bonds. The van der Waals surface area contributed by atoms with Gasteiger partial charge in [0.2, 0.25) is 0 Å². The van der Waals surface area contributed by atoms with Gasteiger partial charge in [0.05, 0.1) is 0 Å². The van der Waals surface area contributed by atoms with Crippen molar-refractivity contribution in [3.63, 3.8) is 0 Å². The zero-order valence-corrected chi connectivity index (χ0v) is 15.6. The number of amides is 2. The van der Waals surface area contributed by atoms with E-state index in [4.69, 9.17) is 15.3 Å². The Kier molecular flexibility index (Phi) is 7.70. The molecule has 7 nitrogen and oxygen atoms in total. The zero-order chi connectivity index (χ0) is 19.0. The van der Waals surface area contributed by atoms with Crippen LogP contribution in [0, 0.1) is 5.92 Å². The Bertz CT molecular complexity index is 565. The van der Waals surface area contributed by atoms with Crippen molar-refractivity contribution in [2.45, 2.75) is 59.2 Å². The van der Waals surface area contributed by atoms with E-state index in [2.05, 4.69) is 10.8 Å². The van der Waals surface area contributed by atoms with E-state index in [1.54, 1.807) is 32.9 Å². The second kappa shape index (κ2) is 9.27. The van der Waals surface area contributed by atoms with Gasteiger partial charge in [0.1, 0.15) is 11.6 Å². The van der Waals surface area contributed by atoms with Gasteiger partial charge in [-0.1, -0.05) is 26.0 Å². The van der Waals surface area contributed by atoms with Crippen LogP contribution in [0.15, 0.2) is 24.3 Å². The smallest absolute Gasteiger partial charge is 0.408 e. The summed E-state index contributed by atoms with van der Waals surface area (Å²) < 4.78 is 5.21. The molecule has 0 bridgehead atoms. The average molecular weight is 351 g/mol. The molecule has 0 aliphatic carbocycles. The van der Waals surface area contributed by atoms with Gasteiger partial charge in [-0.15, -0.1) is 0 Å². The highest BCUT2D eigenvalue weighted by Gasteiger charge is 2.25. The molecule has 0 aliphatic rings. The van der Waals surface area contributed by atoms with Crippen molar-refractivity contribution in [1.29, 1.82) is 0 Å². The maximum Gasteiger partial charge on any atom is 0.408 e. The SMILES string of the molecule is CC(C)C[C@@H](NC(=O)OC(C)(C)C)C(=O)NOc1ccc(CN)cc1. The van der Waals surface area contributed by atoms with Gasteiger partial charge in [-0.05, 0) is 50.8 Å². The number of benzene rings is 1. The number of nitrogens with two attached hydrogens (primary N) is 1. The standard InChI is InChI=1S/C18H29N3O4/c1-12(2)10-15(20-17(23)24-18(3,4)5)16(22)21-25-14-8-6-13(11-19)7-9-14/h6-9,12,15H,10-11,19H2,1-5H3,(H,20,23)(H,21,22)/t15-/m1/s1. The molecule has 7 heteroatoms. The summed E-state index contributed by atoms with van der Waals surface area (Å²) in [5.74, 6) is 0.239. The first-order valence-electron chi connectivity index (χ1n) is 8.36. The molecule has 0 radical (unpaired) electrons. The van der Waals surface area contributed by atoms with E-state index in [0.717, 1.165) is 5.56 Å². The minimum absolute atomic E-state index is 0.203. The highest BCUT2D eigenvalue weighted by Crippen LogP contribution is 2.12. The van der Waals surface area contributed by atoms with E-state index < -0.39 is 23.6 Å². The first-order valence-corrected chi connectivity index (χ1v) is 8.36. The van der Waals surface area contributed by atoms with Crippen molar-refractivity contribution in [1.82, 2.24) is 10.8 Å². The van der Waals surface area contributed by atoms with Crippen LogP contribution in [0.5, 0.6) is 5.75 Å². The van der Waals surface area contributed by atoms with Gasteiger partial charge < -0.3 is 20.6 Å². The topological polar surface area (TPSA) is 103 Å². The summed E-state index contributed by atoms with van der Waals surface area (Å²) in [6.45, 7) is 9.64. The lowest BCUT2D eigenvalue weighted by Crippen LogP contribution is -2.49. The van der Waals surface area contributed by atoms with Gasteiger partial charge in [0.25, 0.3) is 5.91 Å². The van der Waals surface area contributed by atoms with Crippen LogP contribution in [0.4, 0.5) is 4.79 Å². The highest BCUT2D eigenvalue weighted by molar-refractivity contribution is 5.85. The first-order chi connectivity index (χ1) is 11.6. The number of hydroxylamine groups is 1. The molecule has 1 atom stereocenters. The van der Waals surface area contributed by atoms with Crippen molar-refractivity contribution in [3.05, 3.63) is 29.8 Å². The van der Waals surface area contributed by atoms with Crippen LogP contribution in [-0.2, 0) is 16.1 Å². The molecule has 25 heavy (non-hydrogen) atoms. The van der Waals surface area contributed by atoms with E-state index in [1.807, 2.05) is 26.0 Å². The van der Waals surface area contributed by atoms with Crippen LogP contribution in [0.3, 0.4) is 0 Å². The molecule has 0 unspecified atom stereocenters. The molecule has 0 saturated heterocycles. The minimum atomic E-state index is -0.752. The lowest BCUT2D eigenvalue weighted by molar-refractivity contribution is -0.130. The number of ether oxygens (including phenoxy) is 1. The Morgan fingerprint density at radius 2 is 1.76 bits per heavy atom. The van der Waals surface area contributed by atoms with E-state index in [0.29, 0.717) is 18.7 Å². The molecule has 0 aliphatic heterocycles. The molecule has 1 rings (SSSR count). The van der Waals surface area contributed by atoms with Gasteiger partial charge in [0, 0.05) is 6.54 Å². The molecule has 0 spiro atoms. The van der Waals surface area contributed by atoms with Gasteiger partial charge in [-0.3, -0.25) is 4.79 Å². The summed E-state index contributed by atoms with van der Waals surface area (Å²) in [6.07, 6.45) is -0.179. The quantitative estimate of drug-likeness (QED) is 0.655. The molecule has 4 N–H and O–H groups in total. The van der Waals surface area contributed by atoms with Crippen molar-refractivity contribution in [2.24, 2.45) is 11.7 Å². The zero-order valence-electron chi connectivity index (χ0n) is 15.6. The fourth-order valence-corrected chi connectivity index (χ4v) is 2.03. The second-order valence-corrected chi connectivity index (χ2v) is 7.24. The van der Waals surface area contributed by atoms with Crippen molar-refractivity contribution >= 4 is 12.0 Å². The number of carbonyl (C=O) groups is 2. The highest BCUT2D eigenvalue weighted by atomic mass is 16.7. The fourth-order valence-electron chi connectivity index (χ4n) is 2.03. The second-order valence-electron chi connectivity index (χ2n) is 7.24. The van der Waals surface area contributed by atoms with Gasteiger partial charge in [-0.25, -0.2) is 4.79 Å². The normalized spacial score (nSPS) is 12.4. The molecular weight excluding hydrogens is 322 g/mol. The van der Waals surface area contributed by atoms with Gasteiger partial charge in [-0.2, -0.15) is 5.48 Å². The number of rotatable bonds is 7. The maximum absolute atomic E-state index is 12.3. The molecule has 1 aromatic rings. The van der Waals surface area contributed by atoms with Gasteiger partial charge >= 0.3 is 6.09 Å². The summed E-state index contributed by atoms with van der Waals surface area (Å²) in [7, 11) is 0. The fraction of sp³-hybridized carbons (Fsp3) is 0.556. The lowest BCUT2D eigenvalue weighted by atomic mass is 10.0. The van der Waals surface area contributed by atoms with Crippen LogP contribution >= 0.6 is 0 Å².